The van der Waals surface area contributed by atoms with Gasteiger partial charge < -0.3 is 10.1 Å². The normalized spacial score (nSPS) is 16.6. The summed E-state index contributed by atoms with van der Waals surface area (Å²) in [6.07, 6.45) is 13.1. The van der Waals surface area contributed by atoms with Gasteiger partial charge in [-0.1, -0.05) is 38.2 Å². The fourth-order valence-corrected chi connectivity index (χ4v) is 5.88. The number of carbonyl (C=O) groups is 2. The van der Waals surface area contributed by atoms with Crippen LogP contribution in [-0.4, -0.2) is 63.1 Å². The van der Waals surface area contributed by atoms with Crippen LogP contribution >= 0.6 is 0 Å². The Morgan fingerprint density at radius 1 is 0.976 bits per heavy atom. The predicted molar refractivity (Wildman–Crippen MR) is 158 cm³/mol. The number of fused-ring (bicyclic) bond motifs is 1. The number of hydrogen-bond donors (Lipinski definition) is 2. The van der Waals surface area contributed by atoms with Gasteiger partial charge in [-0.3, -0.25) is 29.6 Å². The first-order chi connectivity index (χ1) is 20.1. The van der Waals surface area contributed by atoms with Crippen LogP contribution in [0.5, 0.6) is 0 Å². The molecule has 3 aromatic heterocycles. The number of aromatic nitrogens is 4. The second-order valence-corrected chi connectivity index (χ2v) is 11.2. The number of aromatic amines is 1. The van der Waals surface area contributed by atoms with E-state index in [0.717, 1.165) is 66.9 Å². The maximum Gasteiger partial charge on any atom is 0.276 e. The average Bonchev–Trinajstić information content (AvgIpc) is 3.45. The van der Waals surface area contributed by atoms with Crippen LogP contribution in [-0.2, 0) is 11.3 Å². The summed E-state index contributed by atoms with van der Waals surface area (Å²) >= 11 is 0. The Labute approximate surface area is 239 Å². The van der Waals surface area contributed by atoms with Crippen LogP contribution in [0.1, 0.15) is 71.5 Å². The van der Waals surface area contributed by atoms with Crippen LogP contribution in [0.15, 0.2) is 55.0 Å². The summed E-state index contributed by atoms with van der Waals surface area (Å²) in [4.78, 5) is 37.0. The molecule has 1 amide bonds. The Morgan fingerprint density at radius 2 is 1.83 bits per heavy atom. The molecule has 0 radical (unpaired) electrons. The Bertz CT molecular complexity index is 1500. The Hall–Kier alpha value is -3.95. The number of H-pyrrole nitrogens is 1. The highest BCUT2D eigenvalue weighted by molar-refractivity contribution is 6.11. The Balaban J connectivity index is 1.12. The number of hydrogen-bond acceptors (Lipinski definition) is 7. The second kappa shape index (κ2) is 12.7. The van der Waals surface area contributed by atoms with Crippen molar-refractivity contribution >= 4 is 28.3 Å². The SMILES string of the molecule is O=C(CCC1CCCCC1)c1ccc(NC(=O)c2n[nH]c3ccc(-c4cncc(CN5CCOCC5)c4)cc23)cn1. The van der Waals surface area contributed by atoms with E-state index in [1.165, 1.54) is 38.3 Å². The van der Waals surface area contributed by atoms with E-state index in [-0.39, 0.29) is 11.7 Å². The summed E-state index contributed by atoms with van der Waals surface area (Å²) in [5, 5.41) is 10.8. The summed E-state index contributed by atoms with van der Waals surface area (Å²) in [7, 11) is 0. The predicted octanol–water partition coefficient (Wildman–Crippen LogP) is 5.65. The highest BCUT2D eigenvalue weighted by Crippen LogP contribution is 2.28. The largest absolute Gasteiger partial charge is 0.379 e. The third kappa shape index (κ3) is 6.69. The van der Waals surface area contributed by atoms with Crippen LogP contribution < -0.4 is 5.32 Å². The molecule has 212 valence electrons. The van der Waals surface area contributed by atoms with Crippen LogP contribution in [0.25, 0.3) is 22.0 Å². The van der Waals surface area contributed by atoms with Gasteiger partial charge >= 0.3 is 0 Å². The number of amides is 1. The van der Waals surface area contributed by atoms with Crippen molar-refractivity contribution in [1.82, 2.24) is 25.1 Å². The number of rotatable bonds is 9. The second-order valence-electron chi connectivity index (χ2n) is 11.2. The van der Waals surface area contributed by atoms with E-state index in [2.05, 4.69) is 36.4 Å². The number of carbonyl (C=O) groups excluding carboxylic acids is 2. The number of nitrogens with one attached hydrogen (secondary N) is 2. The molecule has 2 N–H and O–H groups in total. The van der Waals surface area contributed by atoms with E-state index in [1.807, 2.05) is 30.6 Å². The van der Waals surface area contributed by atoms with Crippen LogP contribution in [0.4, 0.5) is 5.69 Å². The van der Waals surface area contributed by atoms with Crippen molar-refractivity contribution in [2.75, 3.05) is 31.6 Å². The first-order valence-corrected chi connectivity index (χ1v) is 14.7. The maximum atomic E-state index is 13.2. The smallest absolute Gasteiger partial charge is 0.276 e. The zero-order valence-electron chi connectivity index (χ0n) is 23.3. The van der Waals surface area contributed by atoms with E-state index in [4.69, 9.17) is 4.74 Å². The number of Topliss-reactive ketones (excluding diaryl/α,β-unsaturated/α-hetero) is 1. The fourth-order valence-electron chi connectivity index (χ4n) is 5.88. The van der Waals surface area contributed by atoms with Crippen molar-refractivity contribution in [2.24, 2.45) is 5.92 Å². The molecule has 9 heteroatoms. The minimum atomic E-state index is -0.342. The van der Waals surface area contributed by atoms with Gasteiger partial charge in [-0.15, -0.1) is 0 Å². The quantitative estimate of drug-likeness (QED) is 0.258. The minimum absolute atomic E-state index is 0.0581. The highest BCUT2D eigenvalue weighted by atomic mass is 16.5. The van der Waals surface area contributed by atoms with E-state index in [1.54, 1.807) is 12.1 Å². The number of pyridine rings is 2. The highest BCUT2D eigenvalue weighted by Gasteiger charge is 2.18. The van der Waals surface area contributed by atoms with E-state index in [9.17, 15) is 9.59 Å². The molecule has 1 aromatic carbocycles. The summed E-state index contributed by atoms with van der Waals surface area (Å²) in [5.41, 5.74) is 5.11. The number of morpholine rings is 1. The number of benzene rings is 1. The van der Waals surface area contributed by atoms with Gasteiger partial charge in [-0.05, 0) is 53.8 Å². The lowest BCUT2D eigenvalue weighted by molar-refractivity contribution is 0.0341. The molecule has 1 saturated carbocycles. The van der Waals surface area contributed by atoms with Gasteiger partial charge in [0.1, 0.15) is 5.69 Å². The molecule has 4 aromatic rings. The molecular weight excluding hydrogens is 516 g/mol. The van der Waals surface area contributed by atoms with Crippen molar-refractivity contribution in [1.29, 1.82) is 0 Å². The van der Waals surface area contributed by atoms with E-state index < -0.39 is 0 Å². The molecule has 1 aliphatic heterocycles. The van der Waals surface area contributed by atoms with Gasteiger partial charge in [0, 0.05) is 49.4 Å². The van der Waals surface area contributed by atoms with Gasteiger partial charge in [0.2, 0.25) is 0 Å². The lowest BCUT2D eigenvalue weighted by Gasteiger charge is -2.26. The number of nitrogens with zero attached hydrogens (tertiary/aromatic N) is 4. The molecule has 0 atom stereocenters. The van der Waals surface area contributed by atoms with Crippen LogP contribution in [0.3, 0.4) is 0 Å². The summed E-state index contributed by atoms with van der Waals surface area (Å²) in [6.45, 7) is 4.17. The van der Waals surface area contributed by atoms with Gasteiger partial charge in [0.25, 0.3) is 5.91 Å². The lowest BCUT2D eigenvalue weighted by Crippen LogP contribution is -2.35. The van der Waals surface area contributed by atoms with E-state index >= 15 is 0 Å². The number of ketones is 1. The van der Waals surface area contributed by atoms with Gasteiger partial charge in [0.15, 0.2) is 11.5 Å². The molecule has 1 saturated heterocycles. The zero-order chi connectivity index (χ0) is 28.0. The third-order valence-electron chi connectivity index (χ3n) is 8.23. The molecular formula is C32H36N6O3. The molecule has 0 bridgehead atoms. The Morgan fingerprint density at radius 3 is 2.63 bits per heavy atom. The summed E-state index contributed by atoms with van der Waals surface area (Å²) in [6, 6.07) is 11.5. The molecule has 0 spiro atoms. The monoisotopic (exact) mass is 552 g/mol. The molecule has 6 rings (SSSR count). The first-order valence-electron chi connectivity index (χ1n) is 14.7. The lowest BCUT2D eigenvalue weighted by atomic mass is 9.85. The maximum absolute atomic E-state index is 13.2. The molecule has 9 nitrogen and oxygen atoms in total. The zero-order valence-corrected chi connectivity index (χ0v) is 23.3. The molecule has 0 unspecified atom stereocenters. The van der Waals surface area contributed by atoms with Crippen molar-refractivity contribution in [3.63, 3.8) is 0 Å². The summed E-state index contributed by atoms with van der Waals surface area (Å²) in [5.74, 6) is 0.374. The number of anilines is 1. The van der Waals surface area contributed by atoms with Crippen molar-refractivity contribution in [3.05, 3.63) is 71.9 Å². The van der Waals surface area contributed by atoms with Gasteiger partial charge in [0.05, 0.1) is 30.6 Å². The van der Waals surface area contributed by atoms with E-state index in [0.29, 0.717) is 29.4 Å². The molecule has 2 fully saturated rings. The Kier molecular flexibility index (Phi) is 8.44. The van der Waals surface area contributed by atoms with Crippen LogP contribution in [0.2, 0.25) is 0 Å². The molecule has 4 heterocycles. The average molecular weight is 553 g/mol. The van der Waals surface area contributed by atoms with Crippen molar-refractivity contribution in [2.45, 2.75) is 51.5 Å². The fraction of sp³-hybridized carbons (Fsp3) is 0.406. The standard InChI is InChI=1S/C32H36N6O3/c39-30(11-6-22-4-2-1-3-5-22)29-10-8-26(20-34-29)35-32(40)31-27-17-24(7-9-28(27)36-37-31)25-16-23(18-33-19-25)21-38-12-14-41-15-13-38/h7-10,16-20,22H,1-6,11-15,21H2,(H,35,40)(H,36,37). The molecule has 41 heavy (non-hydrogen) atoms. The first kappa shape index (κ1) is 27.2. The van der Waals surface area contributed by atoms with Gasteiger partial charge in [-0.2, -0.15) is 5.10 Å². The molecule has 2 aliphatic rings. The van der Waals surface area contributed by atoms with Gasteiger partial charge in [-0.25, -0.2) is 0 Å². The van der Waals surface area contributed by atoms with Crippen molar-refractivity contribution < 1.29 is 14.3 Å². The topological polar surface area (TPSA) is 113 Å². The summed E-state index contributed by atoms with van der Waals surface area (Å²) < 4.78 is 5.46. The molecule has 1 aliphatic carbocycles. The minimum Gasteiger partial charge on any atom is -0.379 e. The number of ether oxygens (including phenoxy) is 1. The third-order valence-corrected chi connectivity index (χ3v) is 8.23. The van der Waals surface area contributed by atoms with Crippen molar-refractivity contribution in [3.8, 4) is 11.1 Å². The van der Waals surface area contributed by atoms with Crippen LogP contribution in [0, 0.1) is 5.92 Å².